The summed E-state index contributed by atoms with van der Waals surface area (Å²) in [6.07, 6.45) is 6.11. The molecule has 0 aromatic heterocycles. The van der Waals surface area contributed by atoms with E-state index in [4.69, 9.17) is 20.4 Å². The van der Waals surface area contributed by atoms with Crippen molar-refractivity contribution in [2.24, 2.45) is 0 Å². The fraction of sp³-hybridized carbons (Fsp3) is 0.700. The molecule has 1 rings (SSSR count). The van der Waals surface area contributed by atoms with E-state index in [0.29, 0.717) is 19.8 Å². The first-order valence-corrected chi connectivity index (χ1v) is 9.50. The van der Waals surface area contributed by atoms with Gasteiger partial charge in [-0.15, -0.1) is 0 Å². The van der Waals surface area contributed by atoms with Crippen LogP contribution in [0.25, 0.3) is 0 Å². The Hall–Kier alpha value is -0.337. The Balaban J connectivity index is -0.000000164. The first-order valence-electron chi connectivity index (χ1n) is 9.50. The minimum atomic E-state index is -1.54. The number of unbranched alkanes of at least 4 members (excludes halogenated alkanes) is 3. The molecular formula is C20H36F4O4Zr. The molecule has 0 fully saturated rings. The van der Waals surface area contributed by atoms with Gasteiger partial charge in [-0.2, -0.15) is 0 Å². The molecule has 0 heterocycles. The van der Waals surface area contributed by atoms with Crippen molar-refractivity contribution in [3.05, 3.63) is 34.4 Å². The standard InChI is InChI=1S/C8H6F4O.3C4H10O.Zr/c1-3-5(9)7(11)4(2-13)8(12)6(3)10;3*1-2-3-4-5;/h13H,2H2,1H3;3*5H,2-4H2,1H3;. The van der Waals surface area contributed by atoms with E-state index in [1.807, 2.05) is 0 Å². The molecule has 0 saturated carbocycles. The molecule has 172 valence electrons. The molecule has 0 aliphatic heterocycles. The molecule has 29 heavy (non-hydrogen) atoms. The molecule has 0 aliphatic rings. The van der Waals surface area contributed by atoms with Gasteiger partial charge in [0.05, 0.1) is 12.2 Å². The molecular weight excluding hydrogens is 471 g/mol. The van der Waals surface area contributed by atoms with Gasteiger partial charge >= 0.3 is 0 Å². The third kappa shape index (κ3) is 18.2. The van der Waals surface area contributed by atoms with E-state index in [1.54, 1.807) is 0 Å². The Morgan fingerprint density at radius 2 is 0.862 bits per heavy atom. The molecule has 1 aromatic rings. The average Bonchev–Trinajstić information content (AvgIpc) is 2.69. The third-order valence-corrected chi connectivity index (χ3v) is 3.27. The number of halogens is 4. The molecule has 4 nitrogen and oxygen atoms in total. The van der Waals surface area contributed by atoms with Crippen LogP contribution in [0.5, 0.6) is 0 Å². The summed E-state index contributed by atoms with van der Waals surface area (Å²) in [7, 11) is 0. The van der Waals surface area contributed by atoms with Crippen molar-refractivity contribution in [1.29, 1.82) is 0 Å². The van der Waals surface area contributed by atoms with E-state index in [-0.39, 0.29) is 26.2 Å². The van der Waals surface area contributed by atoms with Crippen molar-refractivity contribution < 1.29 is 64.2 Å². The van der Waals surface area contributed by atoms with Gasteiger partial charge in [-0.1, -0.05) is 40.0 Å². The van der Waals surface area contributed by atoms with Crippen molar-refractivity contribution in [3.8, 4) is 0 Å². The molecule has 0 spiro atoms. The summed E-state index contributed by atoms with van der Waals surface area (Å²) >= 11 is 0. The van der Waals surface area contributed by atoms with Crippen molar-refractivity contribution >= 4 is 0 Å². The maximum atomic E-state index is 12.8. The predicted octanol–water partition coefficient (Wildman–Crippen LogP) is 4.38. The van der Waals surface area contributed by atoms with E-state index in [2.05, 4.69) is 20.8 Å². The predicted molar refractivity (Wildman–Crippen MR) is 103 cm³/mol. The van der Waals surface area contributed by atoms with Gasteiger partial charge in [0.1, 0.15) is 0 Å². The summed E-state index contributed by atoms with van der Waals surface area (Å²) in [4.78, 5) is 0. The molecule has 0 aliphatic carbocycles. The second-order valence-corrected chi connectivity index (χ2v) is 5.75. The Labute approximate surface area is 191 Å². The molecule has 0 radical (unpaired) electrons. The minimum Gasteiger partial charge on any atom is -0.396 e. The summed E-state index contributed by atoms with van der Waals surface area (Å²) in [5, 5.41) is 32.6. The van der Waals surface area contributed by atoms with E-state index in [0.717, 1.165) is 45.4 Å². The number of benzene rings is 1. The molecule has 0 bridgehead atoms. The van der Waals surface area contributed by atoms with Crippen LogP contribution in [-0.2, 0) is 32.8 Å². The van der Waals surface area contributed by atoms with Crippen LogP contribution >= 0.6 is 0 Å². The third-order valence-electron chi connectivity index (χ3n) is 3.27. The first kappa shape index (κ1) is 36.1. The number of aliphatic hydroxyl groups excluding tert-OH is 4. The maximum Gasteiger partial charge on any atom is 0.167 e. The second-order valence-electron chi connectivity index (χ2n) is 5.75. The van der Waals surface area contributed by atoms with E-state index < -0.39 is 41.0 Å². The first-order chi connectivity index (χ1) is 13.2. The van der Waals surface area contributed by atoms with Crippen molar-refractivity contribution in [2.45, 2.75) is 72.8 Å². The Morgan fingerprint density at radius 3 is 1.00 bits per heavy atom. The summed E-state index contributed by atoms with van der Waals surface area (Å²) in [5.74, 6) is -6.02. The Bertz CT molecular complexity index is 443. The fourth-order valence-electron chi connectivity index (χ4n) is 1.40. The van der Waals surface area contributed by atoms with Crippen LogP contribution in [0.2, 0.25) is 0 Å². The number of aliphatic hydroxyl groups is 4. The number of rotatable bonds is 7. The minimum absolute atomic E-state index is 0. The topological polar surface area (TPSA) is 80.9 Å². The Kier molecular flexibility index (Phi) is 32.0. The van der Waals surface area contributed by atoms with Gasteiger partial charge in [0.15, 0.2) is 23.3 Å². The average molecular weight is 508 g/mol. The number of hydrogen-bond donors (Lipinski definition) is 4. The molecule has 0 unspecified atom stereocenters. The van der Waals surface area contributed by atoms with E-state index in [9.17, 15) is 17.6 Å². The summed E-state index contributed by atoms with van der Waals surface area (Å²) in [6.45, 7) is 7.02. The van der Waals surface area contributed by atoms with Crippen molar-refractivity contribution in [2.75, 3.05) is 19.8 Å². The van der Waals surface area contributed by atoms with Gasteiger partial charge in [-0.25, -0.2) is 17.6 Å². The van der Waals surface area contributed by atoms with Gasteiger partial charge < -0.3 is 20.4 Å². The van der Waals surface area contributed by atoms with Crippen LogP contribution in [-0.4, -0.2) is 40.2 Å². The zero-order chi connectivity index (χ0) is 22.5. The van der Waals surface area contributed by atoms with Crippen LogP contribution in [0.15, 0.2) is 0 Å². The Morgan fingerprint density at radius 1 is 0.586 bits per heavy atom. The second kappa shape index (κ2) is 25.7. The van der Waals surface area contributed by atoms with E-state index in [1.165, 1.54) is 0 Å². The quantitative estimate of drug-likeness (QED) is 0.326. The molecule has 0 amide bonds. The van der Waals surface area contributed by atoms with E-state index >= 15 is 0 Å². The zero-order valence-electron chi connectivity index (χ0n) is 17.9. The van der Waals surface area contributed by atoms with Crippen LogP contribution in [0, 0.1) is 30.2 Å². The van der Waals surface area contributed by atoms with Gasteiger partial charge in [-0.05, 0) is 26.2 Å². The number of hydrogen-bond acceptors (Lipinski definition) is 4. The van der Waals surface area contributed by atoms with Crippen LogP contribution in [0.4, 0.5) is 17.6 Å². The largest absolute Gasteiger partial charge is 0.396 e. The van der Waals surface area contributed by atoms with Crippen LogP contribution in [0.3, 0.4) is 0 Å². The smallest absolute Gasteiger partial charge is 0.167 e. The normalized spacial score (nSPS) is 9.10. The zero-order valence-corrected chi connectivity index (χ0v) is 20.3. The van der Waals surface area contributed by atoms with Gasteiger partial charge in [0, 0.05) is 51.6 Å². The fourth-order valence-corrected chi connectivity index (χ4v) is 1.40. The molecule has 1 aromatic carbocycles. The van der Waals surface area contributed by atoms with Crippen LogP contribution < -0.4 is 0 Å². The van der Waals surface area contributed by atoms with Crippen molar-refractivity contribution in [3.63, 3.8) is 0 Å². The molecule has 0 saturated heterocycles. The summed E-state index contributed by atoms with van der Waals surface area (Å²) < 4.78 is 51.0. The SMILES string of the molecule is CCCCO.CCCCO.CCCCO.Cc1c(F)c(F)c(CO)c(F)c1F.[Zr]. The molecule has 4 N–H and O–H groups in total. The maximum absolute atomic E-state index is 12.8. The summed E-state index contributed by atoms with van der Waals surface area (Å²) in [6, 6.07) is 0. The summed E-state index contributed by atoms with van der Waals surface area (Å²) in [5.41, 5.74) is -1.72. The van der Waals surface area contributed by atoms with Crippen molar-refractivity contribution in [1.82, 2.24) is 0 Å². The molecule has 0 atom stereocenters. The van der Waals surface area contributed by atoms with Crippen LogP contribution in [0.1, 0.15) is 70.4 Å². The monoisotopic (exact) mass is 506 g/mol. The van der Waals surface area contributed by atoms with Gasteiger partial charge in [0.25, 0.3) is 0 Å². The van der Waals surface area contributed by atoms with Gasteiger partial charge in [-0.3, -0.25) is 0 Å². The molecule has 9 heteroatoms. The van der Waals surface area contributed by atoms with Gasteiger partial charge in [0.2, 0.25) is 0 Å².